The first-order valence-corrected chi connectivity index (χ1v) is 22.1. The zero-order valence-electron chi connectivity index (χ0n) is 36.9. The lowest BCUT2D eigenvalue weighted by molar-refractivity contribution is -0.121. The summed E-state index contributed by atoms with van der Waals surface area (Å²) in [5, 5.41) is 17.1. The third-order valence-corrected chi connectivity index (χ3v) is 12.4. The quantitative estimate of drug-likeness (QED) is 0.0403. The van der Waals surface area contributed by atoms with Crippen molar-refractivity contribution in [3.05, 3.63) is 65.7 Å². The number of amides is 1. The monoisotopic (exact) mass is 920 g/mol. The van der Waals surface area contributed by atoms with Crippen molar-refractivity contribution in [3.63, 3.8) is 0 Å². The summed E-state index contributed by atoms with van der Waals surface area (Å²) in [5.74, 6) is -1.38. The van der Waals surface area contributed by atoms with E-state index in [9.17, 15) is 28.2 Å². The van der Waals surface area contributed by atoms with E-state index >= 15 is 0 Å². The van der Waals surface area contributed by atoms with E-state index in [0.29, 0.717) is 27.5 Å². The number of hydrogen-bond acceptors (Lipinski definition) is 13. The molecule has 0 saturated carbocycles. The highest BCUT2D eigenvalue weighted by molar-refractivity contribution is 7.84. The number of ether oxygens (including phenoxy) is 1. The molecule has 0 aliphatic rings. The number of esters is 1. The van der Waals surface area contributed by atoms with E-state index in [1.54, 1.807) is 29.7 Å². The first-order chi connectivity index (χ1) is 26.3. The van der Waals surface area contributed by atoms with Gasteiger partial charge in [-0.2, -0.15) is 0 Å². The highest BCUT2D eigenvalue weighted by Crippen LogP contribution is 2.30. The van der Waals surface area contributed by atoms with Gasteiger partial charge in [-0.1, -0.05) is 27.7 Å². The summed E-state index contributed by atoms with van der Waals surface area (Å²) in [6.07, 6.45) is 2.53. The van der Waals surface area contributed by atoms with Gasteiger partial charge in [0.25, 0.3) is 5.91 Å². The summed E-state index contributed by atoms with van der Waals surface area (Å²) in [6.45, 7) is 28.7. The standard InChI is InChI=1S/C15H25NO3S2.C14H21NO3S.C7H9NO2S.C5H9NO.ClH/c1-10(16-21(18)15(5,6)7)11-8-9-12(20-11)13(17)19-14(2,3)4;1-9(7-10(16)8-14(2,3)4)11-5-6-12(19-11)13(17)15-18;1-4(8)5-2-3-6(11-5)7(9)10;1-5(2,3)6-4-7;/h8-10,16H,1-7H3;5-6,9,18H,7-8H2,1-4H3,(H,15,17);2-4H,8H2,1H3,(H,9,10);1-3H3;1H/t10-,21+;9-;4-;;/m101../s1. The minimum Gasteiger partial charge on any atom is -0.477 e. The van der Waals surface area contributed by atoms with E-state index in [1.807, 2.05) is 116 Å². The molecule has 0 bridgehead atoms. The summed E-state index contributed by atoms with van der Waals surface area (Å²) >= 11 is 3.90. The van der Waals surface area contributed by atoms with Crippen LogP contribution in [0.3, 0.4) is 0 Å². The molecule has 0 saturated heterocycles. The second kappa shape index (κ2) is 25.6. The van der Waals surface area contributed by atoms with Gasteiger partial charge in [0.05, 0.1) is 32.2 Å². The minimum absolute atomic E-state index is 0. The fourth-order valence-corrected chi connectivity index (χ4v) is 7.68. The zero-order chi connectivity index (χ0) is 45.4. The van der Waals surface area contributed by atoms with Gasteiger partial charge in [-0.15, -0.1) is 46.4 Å². The van der Waals surface area contributed by atoms with E-state index < -0.39 is 28.5 Å². The highest BCUT2D eigenvalue weighted by Gasteiger charge is 2.24. The maximum absolute atomic E-state index is 12.1. The van der Waals surface area contributed by atoms with Crippen molar-refractivity contribution in [1.82, 2.24) is 10.2 Å². The third-order valence-electron chi connectivity index (χ3n) is 6.86. The van der Waals surface area contributed by atoms with Crippen LogP contribution in [0.25, 0.3) is 0 Å². The van der Waals surface area contributed by atoms with Crippen LogP contribution >= 0.6 is 46.4 Å². The van der Waals surface area contributed by atoms with Gasteiger partial charge in [0.1, 0.15) is 21.1 Å². The normalized spacial score (nSPS) is 13.4. The van der Waals surface area contributed by atoms with Crippen molar-refractivity contribution in [2.24, 2.45) is 16.1 Å². The number of rotatable bonds is 11. The summed E-state index contributed by atoms with van der Waals surface area (Å²) < 4.78 is 20.2. The molecule has 3 aromatic heterocycles. The number of isocyanates is 1. The number of Topliss-reactive ketones (excluding diaryl/α,β-unsaturated/α-hetero) is 1. The Labute approximate surface area is 371 Å². The zero-order valence-corrected chi connectivity index (χ0v) is 41.0. The molecule has 4 atom stereocenters. The van der Waals surface area contributed by atoms with Crippen molar-refractivity contribution in [2.45, 2.75) is 151 Å². The average molecular weight is 922 g/mol. The number of hydrogen-bond donors (Lipinski definition) is 5. The molecular formula is C41H65ClN4O9S4. The van der Waals surface area contributed by atoms with Crippen LogP contribution < -0.4 is 15.9 Å². The van der Waals surface area contributed by atoms with Crippen LogP contribution in [0.2, 0.25) is 0 Å². The van der Waals surface area contributed by atoms with Crippen LogP contribution in [-0.2, 0) is 25.3 Å². The Morgan fingerprint density at radius 2 is 1.29 bits per heavy atom. The van der Waals surface area contributed by atoms with E-state index in [0.717, 1.165) is 14.6 Å². The Hall–Kier alpha value is -3.12. The van der Waals surface area contributed by atoms with Gasteiger partial charge in [0.15, 0.2) is 0 Å². The fourth-order valence-electron chi connectivity index (χ4n) is 4.17. The number of aliphatic imine (C=N–C) groups is 1. The number of aromatic carboxylic acids is 1. The Morgan fingerprint density at radius 3 is 1.68 bits per heavy atom. The Kier molecular flexibility index (Phi) is 25.2. The molecule has 1 amide bonds. The van der Waals surface area contributed by atoms with Crippen molar-refractivity contribution in [2.75, 3.05) is 0 Å². The predicted octanol–water partition coefficient (Wildman–Crippen LogP) is 10.2. The number of thiophene rings is 3. The van der Waals surface area contributed by atoms with Gasteiger partial charge in [0, 0.05) is 33.5 Å². The summed E-state index contributed by atoms with van der Waals surface area (Å²) in [5.41, 5.74) is 6.41. The molecule has 0 aromatic carbocycles. The average Bonchev–Trinajstić information content (AvgIpc) is 3.84. The number of nitrogens with zero attached hydrogens (tertiary/aromatic N) is 1. The molecule has 3 heterocycles. The maximum atomic E-state index is 12.1. The molecule has 13 nitrogen and oxygen atoms in total. The summed E-state index contributed by atoms with van der Waals surface area (Å²) in [7, 11) is -1.14. The number of carboxylic acids is 1. The van der Waals surface area contributed by atoms with Crippen molar-refractivity contribution in [1.29, 1.82) is 0 Å². The van der Waals surface area contributed by atoms with Crippen molar-refractivity contribution >= 4 is 87.1 Å². The molecule has 334 valence electrons. The van der Waals surface area contributed by atoms with Gasteiger partial charge in [0.2, 0.25) is 6.08 Å². The van der Waals surface area contributed by atoms with E-state index in [4.69, 9.17) is 20.8 Å². The maximum Gasteiger partial charge on any atom is 0.348 e. The van der Waals surface area contributed by atoms with Gasteiger partial charge in [-0.25, -0.2) is 33.8 Å². The fraction of sp³-hybridized carbons (Fsp3) is 0.585. The van der Waals surface area contributed by atoms with Crippen LogP contribution in [-0.4, -0.2) is 60.1 Å². The second-order valence-corrected chi connectivity index (χ2v) is 23.0. The lowest BCUT2D eigenvalue weighted by Gasteiger charge is -2.21. The predicted molar refractivity (Wildman–Crippen MR) is 244 cm³/mol. The SMILES string of the molecule is CC(C)(C)N=C=O.C[C@@H](CC(=O)CC(C)(C)C)c1ccc(C(=O)NO)s1.C[C@@H](N)c1ccc(C(=O)O)s1.C[C@@H](N[S@@](=O)C(C)(C)C)c1ccc(C(=O)OC(C)(C)C)s1.Cl. The van der Waals surface area contributed by atoms with Crippen LogP contribution in [0.1, 0.15) is 178 Å². The lowest BCUT2D eigenvalue weighted by atomic mass is 9.87. The molecule has 0 radical (unpaired) electrons. The first-order valence-electron chi connectivity index (χ1n) is 18.5. The summed E-state index contributed by atoms with van der Waals surface area (Å²) in [4.78, 5) is 62.8. The molecule has 0 fully saturated rings. The smallest absolute Gasteiger partial charge is 0.348 e. The lowest BCUT2D eigenvalue weighted by Crippen LogP contribution is -2.34. The van der Waals surface area contributed by atoms with Crippen molar-refractivity contribution < 1.29 is 43.2 Å². The number of carbonyl (C=O) groups excluding carboxylic acids is 4. The number of carboxylic acid groups (broad SMARTS) is 1. The number of nitrogens with two attached hydrogens (primary N) is 1. The van der Waals surface area contributed by atoms with Crippen molar-refractivity contribution in [3.8, 4) is 0 Å². The number of hydroxylamine groups is 1. The molecular weight excluding hydrogens is 856 g/mol. The molecule has 18 heteroatoms. The molecule has 3 rings (SSSR count). The van der Waals surface area contributed by atoms with E-state index in [2.05, 4.69) is 9.71 Å². The van der Waals surface area contributed by atoms with Crippen LogP contribution in [0, 0.1) is 5.41 Å². The van der Waals surface area contributed by atoms with E-state index in [1.165, 1.54) is 40.1 Å². The van der Waals surface area contributed by atoms with Crippen LogP contribution in [0.5, 0.6) is 0 Å². The number of halogens is 1. The first kappa shape index (κ1) is 58.0. The third kappa shape index (κ3) is 25.3. The highest BCUT2D eigenvalue weighted by atomic mass is 35.5. The topological polar surface area (TPSA) is 215 Å². The Morgan fingerprint density at radius 1 is 0.814 bits per heavy atom. The number of nitrogens with one attached hydrogen (secondary N) is 2. The largest absolute Gasteiger partial charge is 0.477 e. The van der Waals surface area contributed by atoms with Gasteiger partial charge < -0.3 is 15.6 Å². The van der Waals surface area contributed by atoms with Crippen LogP contribution in [0.15, 0.2) is 41.4 Å². The molecule has 3 aromatic rings. The second-order valence-electron chi connectivity index (χ2n) is 17.6. The Balaban J connectivity index is 0. The molecule has 0 unspecified atom stereocenters. The van der Waals surface area contributed by atoms with Crippen LogP contribution in [0.4, 0.5) is 0 Å². The molecule has 6 N–H and O–H groups in total. The van der Waals surface area contributed by atoms with Gasteiger partial charge >= 0.3 is 11.9 Å². The molecule has 59 heavy (non-hydrogen) atoms. The molecule has 0 aliphatic heterocycles. The molecule has 0 aliphatic carbocycles. The van der Waals surface area contributed by atoms with Gasteiger partial charge in [-0.05, 0) is 124 Å². The number of carbonyl (C=O) groups is 4. The number of ketones is 1. The summed E-state index contributed by atoms with van der Waals surface area (Å²) in [6, 6.07) is 10.3. The van der Waals surface area contributed by atoms with Gasteiger partial charge in [-0.3, -0.25) is 14.8 Å². The Bertz CT molecular complexity index is 1850. The minimum atomic E-state index is -1.14. The van der Waals surface area contributed by atoms with E-state index in [-0.39, 0.29) is 57.9 Å². The molecule has 0 spiro atoms.